The average molecular weight is 377 g/mol. The lowest BCUT2D eigenvalue weighted by atomic mass is 10.2. The summed E-state index contributed by atoms with van der Waals surface area (Å²) in [5, 5.41) is 3.30. The number of nitrogens with one attached hydrogen (secondary N) is 1. The van der Waals surface area contributed by atoms with Crippen molar-refractivity contribution < 1.29 is 9.59 Å². The molecule has 2 amide bonds. The molecule has 0 radical (unpaired) electrons. The van der Waals surface area contributed by atoms with Gasteiger partial charge in [0, 0.05) is 18.0 Å². The van der Waals surface area contributed by atoms with E-state index in [1.165, 1.54) is 11.8 Å². The number of thioether (sulfide) groups is 1. The van der Waals surface area contributed by atoms with E-state index in [-0.39, 0.29) is 24.1 Å². The van der Waals surface area contributed by atoms with Gasteiger partial charge in [0.2, 0.25) is 11.8 Å². The smallest absolute Gasteiger partial charge is 0.242 e. The normalized spacial score (nSPS) is 10.3. The molecule has 0 fully saturated rings. The van der Waals surface area contributed by atoms with Crippen LogP contribution in [-0.4, -0.2) is 35.6 Å². The monoisotopic (exact) mass is 376 g/mol. The predicted molar refractivity (Wildman–Crippen MR) is 103 cm³/mol. The van der Waals surface area contributed by atoms with Crippen molar-refractivity contribution in [1.82, 2.24) is 10.2 Å². The molecule has 4 nitrogen and oxygen atoms in total. The first-order valence-corrected chi connectivity index (χ1v) is 9.42. The van der Waals surface area contributed by atoms with E-state index in [1.807, 2.05) is 55.5 Å². The standard InChI is InChI=1S/C19H21ClN2O2S/c1-2-22(13-15-8-4-3-5-9-15)19(24)12-21-18(23)14-25-17-11-7-6-10-16(17)20/h3-11H,2,12-14H2,1H3,(H,21,23). The molecule has 0 unspecified atom stereocenters. The van der Waals surface area contributed by atoms with Crippen molar-refractivity contribution in [3.8, 4) is 0 Å². The van der Waals surface area contributed by atoms with Crippen LogP contribution in [0, 0.1) is 0 Å². The van der Waals surface area contributed by atoms with E-state index >= 15 is 0 Å². The summed E-state index contributed by atoms with van der Waals surface area (Å²) in [5.74, 6) is -0.0570. The largest absolute Gasteiger partial charge is 0.346 e. The zero-order chi connectivity index (χ0) is 18.1. The van der Waals surface area contributed by atoms with Crippen LogP contribution in [0.25, 0.3) is 0 Å². The number of carbonyl (C=O) groups excluding carboxylic acids is 2. The molecule has 0 bridgehead atoms. The van der Waals surface area contributed by atoms with E-state index in [0.29, 0.717) is 18.1 Å². The van der Waals surface area contributed by atoms with Crippen LogP contribution in [0.3, 0.4) is 0 Å². The van der Waals surface area contributed by atoms with Gasteiger partial charge in [-0.05, 0) is 24.6 Å². The fraction of sp³-hybridized carbons (Fsp3) is 0.263. The van der Waals surface area contributed by atoms with Crippen LogP contribution >= 0.6 is 23.4 Å². The van der Waals surface area contributed by atoms with Gasteiger partial charge in [0.15, 0.2) is 0 Å². The molecule has 0 aliphatic heterocycles. The Balaban J connectivity index is 1.77. The quantitative estimate of drug-likeness (QED) is 0.716. The highest BCUT2D eigenvalue weighted by Gasteiger charge is 2.13. The fourth-order valence-corrected chi connectivity index (χ4v) is 3.29. The average Bonchev–Trinajstić information content (AvgIpc) is 2.64. The summed E-state index contributed by atoms with van der Waals surface area (Å²) in [6, 6.07) is 17.2. The summed E-state index contributed by atoms with van der Waals surface area (Å²) >= 11 is 7.41. The summed E-state index contributed by atoms with van der Waals surface area (Å²) in [7, 11) is 0. The number of amides is 2. The van der Waals surface area contributed by atoms with Gasteiger partial charge in [-0.3, -0.25) is 9.59 Å². The van der Waals surface area contributed by atoms with Crippen LogP contribution in [-0.2, 0) is 16.1 Å². The Morgan fingerprint density at radius 3 is 2.44 bits per heavy atom. The number of benzene rings is 2. The Bertz CT molecular complexity index is 710. The molecule has 132 valence electrons. The Kier molecular flexibility index (Phi) is 7.82. The van der Waals surface area contributed by atoms with Gasteiger partial charge in [0.05, 0.1) is 17.3 Å². The molecule has 6 heteroatoms. The van der Waals surface area contributed by atoms with Crippen LogP contribution in [0.15, 0.2) is 59.5 Å². The van der Waals surface area contributed by atoms with Crippen LogP contribution in [0.4, 0.5) is 0 Å². The molecule has 0 heterocycles. The van der Waals surface area contributed by atoms with Crippen molar-refractivity contribution in [2.45, 2.75) is 18.4 Å². The summed E-state index contributed by atoms with van der Waals surface area (Å²) in [6.45, 7) is 3.07. The lowest BCUT2D eigenvalue weighted by Crippen LogP contribution is -2.40. The molecule has 0 atom stereocenters. The van der Waals surface area contributed by atoms with E-state index in [9.17, 15) is 9.59 Å². The third-order valence-corrected chi connectivity index (χ3v) is 5.10. The first kappa shape index (κ1) is 19.3. The van der Waals surface area contributed by atoms with E-state index < -0.39 is 0 Å². The number of carbonyl (C=O) groups is 2. The minimum absolute atomic E-state index is 0.00257. The number of nitrogens with zero attached hydrogens (tertiary/aromatic N) is 1. The highest BCUT2D eigenvalue weighted by Crippen LogP contribution is 2.26. The molecule has 25 heavy (non-hydrogen) atoms. The van der Waals surface area contributed by atoms with Gasteiger partial charge in [0.1, 0.15) is 0 Å². The Hall–Kier alpha value is -1.98. The maximum atomic E-state index is 12.3. The maximum Gasteiger partial charge on any atom is 0.242 e. The van der Waals surface area contributed by atoms with E-state index in [0.717, 1.165) is 10.5 Å². The lowest BCUT2D eigenvalue weighted by molar-refractivity contribution is -0.132. The van der Waals surface area contributed by atoms with Gasteiger partial charge in [-0.15, -0.1) is 11.8 Å². The third kappa shape index (κ3) is 6.44. The molecule has 1 N–H and O–H groups in total. The Labute approximate surface area is 157 Å². The summed E-state index contributed by atoms with van der Waals surface area (Å²) in [4.78, 5) is 26.8. The Morgan fingerprint density at radius 1 is 1.08 bits per heavy atom. The number of halogens is 1. The van der Waals surface area contributed by atoms with Crippen molar-refractivity contribution in [1.29, 1.82) is 0 Å². The van der Waals surface area contributed by atoms with Gasteiger partial charge < -0.3 is 10.2 Å². The van der Waals surface area contributed by atoms with Gasteiger partial charge >= 0.3 is 0 Å². The minimum atomic E-state index is -0.186. The SMILES string of the molecule is CCN(Cc1ccccc1)C(=O)CNC(=O)CSc1ccccc1Cl. The fourth-order valence-electron chi connectivity index (χ4n) is 2.22. The number of hydrogen-bond donors (Lipinski definition) is 1. The van der Waals surface area contributed by atoms with E-state index in [4.69, 9.17) is 11.6 Å². The summed E-state index contributed by atoms with van der Waals surface area (Å²) < 4.78 is 0. The van der Waals surface area contributed by atoms with Crippen LogP contribution in [0.5, 0.6) is 0 Å². The highest BCUT2D eigenvalue weighted by atomic mass is 35.5. The molecular weight excluding hydrogens is 356 g/mol. The van der Waals surface area contributed by atoms with Crippen molar-refractivity contribution in [2.75, 3.05) is 18.8 Å². The summed E-state index contributed by atoms with van der Waals surface area (Å²) in [5.41, 5.74) is 1.07. The first-order valence-electron chi connectivity index (χ1n) is 8.06. The second kappa shape index (κ2) is 10.1. The van der Waals surface area contributed by atoms with E-state index in [1.54, 1.807) is 11.0 Å². The Morgan fingerprint density at radius 2 is 1.76 bits per heavy atom. The van der Waals surface area contributed by atoms with Crippen molar-refractivity contribution in [2.24, 2.45) is 0 Å². The zero-order valence-electron chi connectivity index (χ0n) is 14.1. The van der Waals surface area contributed by atoms with Crippen LogP contribution < -0.4 is 5.32 Å². The predicted octanol–water partition coefficient (Wildman–Crippen LogP) is 3.60. The molecule has 0 spiro atoms. The van der Waals surface area contributed by atoms with Gasteiger partial charge in [-0.25, -0.2) is 0 Å². The number of rotatable bonds is 8. The van der Waals surface area contributed by atoms with Gasteiger partial charge in [0.25, 0.3) is 0 Å². The third-order valence-electron chi connectivity index (χ3n) is 3.58. The zero-order valence-corrected chi connectivity index (χ0v) is 15.6. The topological polar surface area (TPSA) is 49.4 Å². The first-order chi connectivity index (χ1) is 12.1. The molecular formula is C19H21ClN2O2S. The molecule has 0 saturated heterocycles. The molecule has 0 aliphatic carbocycles. The second-order valence-corrected chi connectivity index (χ2v) is 6.81. The molecule has 2 aromatic rings. The molecule has 2 rings (SSSR count). The van der Waals surface area contributed by atoms with Crippen LogP contribution in [0.1, 0.15) is 12.5 Å². The van der Waals surface area contributed by atoms with Crippen molar-refractivity contribution in [3.63, 3.8) is 0 Å². The highest BCUT2D eigenvalue weighted by molar-refractivity contribution is 8.00. The van der Waals surface area contributed by atoms with Gasteiger partial charge in [-0.1, -0.05) is 54.1 Å². The number of likely N-dealkylation sites (N-methyl/N-ethyl adjacent to an activating group) is 1. The molecule has 0 saturated carbocycles. The van der Waals surface area contributed by atoms with Crippen LogP contribution in [0.2, 0.25) is 5.02 Å². The number of hydrogen-bond acceptors (Lipinski definition) is 3. The summed E-state index contributed by atoms with van der Waals surface area (Å²) in [6.07, 6.45) is 0. The van der Waals surface area contributed by atoms with Crippen molar-refractivity contribution >= 4 is 35.2 Å². The van der Waals surface area contributed by atoms with Gasteiger partial charge in [-0.2, -0.15) is 0 Å². The second-order valence-electron chi connectivity index (χ2n) is 5.39. The minimum Gasteiger partial charge on any atom is -0.346 e. The molecule has 2 aromatic carbocycles. The molecule has 0 aromatic heterocycles. The maximum absolute atomic E-state index is 12.3. The van der Waals surface area contributed by atoms with E-state index in [2.05, 4.69) is 5.32 Å². The lowest BCUT2D eigenvalue weighted by Gasteiger charge is -2.21. The molecule has 0 aliphatic rings. The van der Waals surface area contributed by atoms with Crippen molar-refractivity contribution in [3.05, 3.63) is 65.2 Å².